The first-order valence-electron chi connectivity index (χ1n) is 6.78. The van der Waals surface area contributed by atoms with Crippen molar-refractivity contribution in [3.8, 4) is 0 Å². The van der Waals surface area contributed by atoms with Gasteiger partial charge in [0.2, 0.25) is 0 Å². The van der Waals surface area contributed by atoms with Crippen LogP contribution in [0.5, 0.6) is 0 Å². The van der Waals surface area contributed by atoms with E-state index in [4.69, 9.17) is 0 Å². The van der Waals surface area contributed by atoms with Crippen molar-refractivity contribution in [1.29, 1.82) is 0 Å². The highest BCUT2D eigenvalue weighted by Crippen LogP contribution is 2.26. The van der Waals surface area contributed by atoms with Crippen LogP contribution in [0.2, 0.25) is 0 Å². The van der Waals surface area contributed by atoms with E-state index >= 15 is 0 Å². The Kier molecular flexibility index (Phi) is 5.81. The molecule has 1 N–H and O–H groups in total. The maximum absolute atomic E-state index is 4.45. The summed E-state index contributed by atoms with van der Waals surface area (Å²) in [7, 11) is 2.00. The van der Waals surface area contributed by atoms with Gasteiger partial charge in [-0.25, -0.2) is 0 Å². The van der Waals surface area contributed by atoms with Gasteiger partial charge in [-0.15, -0.1) is 0 Å². The average molecular weight is 401 g/mol. The van der Waals surface area contributed by atoms with Crippen LogP contribution in [0.1, 0.15) is 30.6 Å². The normalized spacial score (nSPS) is 12.6. The number of likely N-dealkylation sites (N-methyl/N-ethyl adjacent to an activating group) is 1. The summed E-state index contributed by atoms with van der Waals surface area (Å²) in [5.41, 5.74) is 2.53. The zero-order chi connectivity index (χ0) is 14.5. The number of benzene rings is 1. The van der Waals surface area contributed by atoms with Crippen LogP contribution in [0, 0.1) is 0 Å². The second-order valence-electron chi connectivity index (χ2n) is 4.77. The molecule has 0 radical (unpaired) electrons. The van der Waals surface area contributed by atoms with Crippen LogP contribution in [0.3, 0.4) is 0 Å². The van der Waals surface area contributed by atoms with Crippen molar-refractivity contribution in [3.63, 3.8) is 0 Å². The van der Waals surface area contributed by atoms with E-state index in [-0.39, 0.29) is 6.04 Å². The van der Waals surface area contributed by atoms with Crippen LogP contribution < -0.4 is 5.32 Å². The first-order valence-corrected chi connectivity index (χ1v) is 8.37. The minimum Gasteiger partial charge on any atom is -0.311 e. The lowest BCUT2D eigenvalue weighted by Crippen LogP contribution is -2.23. The molecule has 2 rings (SSSR count). The Morgan fingerprint density at radius 1 is 1.25 bits per heavy atom. The molecule has 1 atom stereocenters. The molecule has 0 saturated heterocycles. The predicted molar refractivity (Wildman–Crippen MR) is 89.9 cm³/mol. The number of halogens is 2. The Labute approximate surface area is 137 Å². The largest absolute Gasteiger partial charge is 0.311 e. The molecule has 20 heavy (non-hydrogen) atoms. The second-order valence-corrected chi connectivity index (χ2v) is 6.54. The topological polar surface area (TPSA) is 29.9 Å². The molecular weight excluding hydrogens is 382 g/mol. The molecule has 5 heteroatoms. The molecular formula is C15H19Br2N3. The predicted octanol–water partition coefficient (Wildman–Crippen LogP) is 4.32. The number of hydrogen-bond donors (Lipinski definition) is 1. The Hall–Kier alpha value is -0.650. The molecule has 1 aromatic carbocycles. The summed E-state index contributed by atoms with van der Waals surface area (Å²) >= 11 is 7.10. The van der Waals surface area contributed by atoms with Gasteiger partial charge in [-0.05, 0) is 53.5 Å². The maximum Gasteiger partial charge on any atom is 0.0698 e. The van der Waals surface area contributed by atoms with Gasteiger partial charge in [0.05, 0.1) is 22.4 Å². The quantitative estimate of drug-likeness (QED) is 0.782. The number of hydrogen-bond acceptors (Lipinski definition) is 2. The van der Waals surface area contributed by atoms with Gasteiger partial charge in [0.15, 0.2) is 0 Å². The fraction of sp³-hybridized carbons (Fsp3) is 0.400. The summed E-state index contributed by atoms with van der Waals surface area (Å²) in [5.74, 6) is 0. The molecule has 2 aromatic rings. The molecule has 0 bridgehead atoms. The molecule has 0 saturated carbocycles. The van der Waals surface area contributed by atoms with E-state index < -0.39 is 0 Å². The standard InChI is InChI=1S/C15H19Br2N3/c1-3-8-20-15(13(17)10-19-20)14(18-2)9-11-4-6-12(16)7-5-11/h4-7,10,14,18H,3,8-9H2,1-2H3. The van der Waals surface area contributed by atoms with E-state index in [0.29, 0.717) is 0 Å². The third-order valence-corrected chi connectivity index (χ3v) is 4.44. The van der Waals surface area contributed by atoms with E-state index in [0.717, 1.165) is 28.3 Å². The fourth-order valence-corrected chi connectivity index (χ4v) is 3.14. The van der Waals surface area contributed by atoms with E-state index in [1.165, 1.54) is 11.3 Å². The Morgan fingerprint density at radius 3 is 2.55 bits per heavy atom. The third kappa shape index (κ3) is 3.71. The lowest BCUT2D eigenvalue weighted by molar-refractivity contribution is 0.495. The monoisotopic (exact) mass is 399 g/mol. The molecule has 0 aliphatic heterocycles. The number of nitrogens with zero attached hydrogens (tertiary/aromatic N) is 2. The Balaban J connectivity index is 2.23. The lowest BCUT2D eigenvalue weighted by atomic mass is 10.0. The SMILES string of the molecule is CCCn1ncc(Br)c1C(Cc1ccc(Br)cc1)NC. The van der Waals surface area contributed by atoms with Gasteiger partial charge in [0, 0.05) is 11.0 Å². The lowest BCUT2D eigenvalue weighted by Gasteiger charge is -2.19. The first kappa shape index (κ1) is 15.7. The zero-order valence-electron chi connectivity index (χ0n) is 11.7. The van der Waals surface area contributed by atoms with Gasteiger partial charge >= 0.3 is 0 Å². The molecule has 1 aromatic heterocycles. The number of aromatic nitrogens is 2. The van der Waals surface area contributed by atoms with Gasteiger partial charge < -0.3 is 5.32 Å². The molecule has 0 aliphatic carbocycles. The molecule has 0 amide bonds. The Bertz CT molecular complexity index is 549. The van der Waals surface area contributed by atoms with Crippen molar-refractivity contribution >= 4 is 31.9 Å². The van der Waals surface area contributed by atoms with Crippen LogP contribution in [0.15, 0.2) is 39.4 Å². The minimum absolute atomic E-state index is 0.250. The van der Waals surface area contributed by atoms with Crippen LogP contribution >= 0.6 is 31.9 Å². The number of aryl methyl sites for hydroxylation is 1. The zero-order valence-corrected chi connectivity index (χ0v) is 14.9. The molecule has 0 spiro atoms. The second kappa shape index (κ2) is 7.38. The smallest absolute Gasteiger partial charge is 0.0698 e. The molecule has 0 fully saturated rings. The van der Waals surface area contributed by atoms with Crippen LogP contribution in [0.25, 0.3) is 0 Å². The third-order valence-electron chi connectivity index (χ3n) is 3.30. The summed E-state index contributed by atoms with van der Waals surface area (Å²) in [6.45, 7) is 3.11. The van der Waals surface area contributed by atoms with Crippen LogP contribution in [0.4, 0.5) is 0 Å². The van der Waals surface area contributed by atoms with E-state index in [2.05, 4.69) is 78.1 Å². The van der Waals surface area contributed by atoms with Gasteiger partial charge in [-0.3, -0.25) is 4.68 Å². The van der Waals surface area contributed by atoms with Crippen molar-refractivity contribution in [2.75, 3.05) is 7.05 Å². The highest BCUT2D eigenvalue weighted by Gasteiger charge is 2.18. The van der Waals surface area contributed by atoms with Gasteiger partial charge in [0.25, 0.3) is 0 Å². The van der Waals surface area contributed by atoms with E-state index in [9.17, 15) is 0 Å². The number of nitrogens with one attached hydrogen (secondary N) is 1. The van der Waals surface area contributed by atoms with E-state index in [1.54, 1.807) is 0 Å². The number of rotatable bonds is 6. The summed E-state index contributed by atoms with van der Waals surface area (Å²) < 4.78 is 4.27. The van der Waals surface area contributed by atoms with Gasteiger partial charge in [-0.1, -0.05) is 35.0 Å². The molecule has 108 valence electrons. The highest BCUT2D eigenvalue weighted by atomic mass is 79.9. The minimum atomic E-state index is 0.250. The first-order chi connectivity index (χ1) is 9.65. The maximum atomic E-state index is 4.45. The van der Waals surface area contributed by atoms with Gasteiger partial charge in [0.1, 0.15) is 0 Å². The molecule has 0 aliphatic rings. The highest BCUT2D eigenvalue weighted by molar-refractivity contribution is 9.10. The molecule has 1 heterocycles. The van der Waals surface area contributed by atoms with Crippen molar-refractivity contribution in [3.05, 3.63) is 50.7 Å². The van der Waals surface area contributed by atoms with Gasteiger partial charge in [-0.2, -0.15) is 5.10 Å². The van der Waals surface area contributed by atoms with Crippen molar-refractivity contribution < 1.29 is 0 Å². The van der Waals surface area contributed by atoms with Crippen molar-refractivity contribution in [2.45, 2.75) is 32.4 Å². The summed E-state index contributed by atoms with van der Waals surface area (Å²) in [4.78, 5) is 0. The molecule has 1 unspecified atom stereocenters. The van der Waals surface area contributed by atoms with Crippen LogP contribution in [-0.2, 0) is 13.0 Å². The van der Waals surface area contributed by atoms with Crippen LogP contribution in [-0.4, -0.2) is 16.8 Å². The summed E-state index contributed by atoms with van der Waals surface area (Å²) in [5, 5.41) is 7.86. The van der Waals surface area contributed by atoms with Crippen molar-refractivity contribution in [1.82, 2.24) is 15.1 Å². The molecule has 3 nitrogen and oxygen atoms in total. The Morgan fingerprint density at radius 2 is 1.95 bits per heavy atom. The van der Waals surface area contributed by atoms with E-state index in [1.807, 2.05) is 13.2 Å². The summed E-state index contributed by atoms with van der Waals surface area (Å²) in [6.07, 6.45) is 3.91. The summed E-state index contributed by atoms with van der Waals surface area (Å²) in [6, 6.07) is 8.73. The van der Waals surface area contributed by atoms with Crippen molar-refractivity contribution in [2.24, 2.45) is 0 Å². The fourth-order valence-electron chi connectivity index (χ4n) is 2.30. The average Bonchev–Trinajstić information content (AvgIpc) is 2.80.